The van der Waals surface area contributed by atoms with Gasteiger partial charge in [-0.2, -0.15) is 0 Å². The zero-order chi connectivity index (χ0) is 17.1. The Balaban J connectivity index is 1.86. The van der Waals surface area contributed by atoms with Crippen LogP contribution in [0.1, 0.15) is 0 Å². The lowest BCUT2D eigenvalue weighted by atomic mass is 10.1. The van der Waals surface area contributed by atoms with Crippen LogP contribution < -0.4 is 15.4 Å². The fourth-order valence-electron chi connectivity index (χ4n) is 2.46. The van der Waals surface area contributed by atoms with E-state index in [1.54, 1.807) is 48.5 Å². The van der Waals surface area contributed by atoms with Gasteiger partial charge < -0.3 is 20.5 Å². The van der Waals surface area contributed by atoms with Gasteiger partial charge in [-0.15, -0.1) is 0 Å². The van der Waals surface area contributed by atoms with Crippen molar-refractivity contribution in [3.63, 3.8) is 0 Å². The van der Waals surface area contributed by atoms with Crippen LogP contribution in [-0.4, -0.2) is 18.2 Å². The SMILES string of the molecule is COc1ccc(Cl)cc1NC(=O)Nc1cccc2c(O)cccc12. The molecule has 0 saturated carbocycles. The van der Waals surface area contributed by atoms with Crippen molar-refractivity contribution in [3.05, 3.63) is 59.6 Å². The Morgan fingerprint density at radius 3 is 2.50 bits per heavy atom. The largest absolute Gasteiger partial charge is 0.507 e. The van der Waals surface area contributed by atoms with Crippen LogP contribution in [0.15, 0.2) is 54.6 Å². The molecule has 5 nitrogen and oxygen atoms in total. The monoisotopic (exact) mass is 342 g/mol. The summed E-state index contributed by atoms with van der Waals surface area (Å²) in [7, 11) is 1.51. The molecule has 0 fully saturated rings. The first-order valence-corrected chi connectivity index (χ1v) is 7.58. The van der Waals surface area contributed by atoms with Crippen LogP contribution in [0.4, 0.5) is 16.2 Å². The van der Waals surface area contributed by atoms with Crippen LogP contribution >= 0.6 is 11.6 Å². The minimum atomic E-state index is -0.439. The molecule has 3 aromatic rings. The highest BCUT2D eigenvalue weighted by Crippen LogP contribution is 2.31. The van der Waals surface area contributed by atoms with Crippen LogP contribution in [0, 0.1) is 0 Å². The Hall–Kier alpha value is -2.92. The molecule has 3 rings (SSSR count). The number of phenols is 1. The number of methoxy groups -OCH3 is 1. The summed E-state index contributed by atoms with van der Waals surface area (Å²) in [5.74, 6) is 0.665. The van der Waals surface area contributed by atoms with Crippen molar-refractivity contribution < 1.29 is 14.6 Å². The molecular formula is C18H15ClN2O3. The number of aromatic hydroxyl groups is 1. The first-order valence-electron chi connectivity index (χ1n) is 7.21. The van der Waals surface area contributed by atoms with Crippen LogP contribution in [0.3, 0.4) is 0 Å². The van der Waals surface area contributed by atoms with Gasteiger partial charge in [0.2, 0.25) is 0 Å². The molecule has 0 unspecified atom stereocenters. The maximum Gasteiger partial charge on any atom is 0.323 e. The molecule has 0 spiro atoms. The first-order chi connectivity index (χ1) is 11.6. The second-order valence-corrected chi connectivity index (χ2v) is 5.54. The van der Waals surface area contributed by atoms with Gasteiger partial charge in [0.1, 0.15) is 11.5 Å². The normalized spacial score (nSPS) is 10.4. The molecule has 0 bridgehead atoms. The molecule has 2 amide bonds. The van der Waals surface area contributed by atoms with Gasteiger partial charge in [-0.1, -0.05) is 35.9 Å². The number of carbonyl (C=O) groups is 1. The van der Waals surface area contributed by atoms with Crippen molar-refractivity contribution in [2.24, 2.45) is 0 Å². The number of nitrogens with one attached hydrogen (secondary N) is 2. The van der Waals surface area contributed by atoms with E-state index in [1.807, 2.05) is 6.07 Å². The topological polar surface area (TPSA) is 70.6 Å². The number of carbonyl (C=O) groups excluding carboxylic acids is 1. The number of hydrogen-bond donors (Lipinski definition) is 3. The maximum atomic E-state index is 12.3. The number of rotatable bonds is 3. The van der Waals surface area contributed by atoms with Crippen LogP contribution in [-0.2, 0) is 0 Å². The lowest BCUT2D eigenvalue weighted by Crippen LogP contribution is -2.20. The predicted molar refractivity (Wildman–Crippen MR) is 96.3 cm³/mol. The number of urea groups is 1. The third kappa shape index (κ3) is 3.21. The molecule has 122 valence electrons. The number of fused-ring (bicyclic) bond motifs is 1. The average Bonchev–Trinajstić information content (AvgIpc) is 2.56. The number of halogens is 1. The quantitative estimate of drug-likeness (QED) is 0.637. The summed E-state index contributed by atoms with van der Waals surface area (Å²) in [5, 5.41) is 17.3. The Bertz CT molecular complexity index is 912. The second kappa shape index (κ2) is 6.68. The number of anilines is 2. The van der Waals surface area contributed by atoms with Crippen molar-refractivity contribution in [1.82, 2.24) is 0 Å². The van der Waals surface area contributed by atoms with E-state index < -0.39 is 6.03 Å². The molecule has 24 heavy (non-hydrogen) atoms. The Morgan fingerprint density at radius 1 is 1.00 bits per heavy atom. The molecule has 0 radical (unpaired) electrons. The number of ether oxygens (including phenoxy) is 1. The summed E-state index contributed by atoms with van der Waals surface area (Å²) < 4.78 is 5.20. The maximum absolute atomic E-state index is 12.3. The average molecular weight is 343 g/mol. The molecule has 3 aromatic carbocycles. The summed E-state index contributed by atoms with van der Waals surface area (Å²) in [6.45, 7) is 0. The van der Waals surface area contributed by atoms with Crippen molar-refractivity contribution in [2.45, 2.75) is 0 Å². The van der Waals surface area contributed by atoms with E-state index in [9.17, 15) is 9.90 Å². The van der Waals surface area contributed by atoms with Crippen molar-refractivity contribution >= 4 is 39.8 Å². The van der Waals surface area contributed by atoms with Gasteiger partial charge in [0, 0.05) is 15.8 Å². The third-order valence-electron chi connectivity index (χ3n) is 3.56. The van der Waals surface area contributed by atoms with Gasteiger partial charge in [0.25, 0.3) is 0 Å². The molecule has 0 saturated heterocycles. The van der Waals surface area contributed by atoms with Gasteiger partial charge in [-0.3, -0.25) is 0 Å². The van der Waals surface area contributed by atoms with E-state index in [0.717, 1.165) is 5.39 Å². The van der Waals surface area contributed by atoms with Crippen LogP contribution in [0.2, 0.25) is 5.02 Å². The second-order valence-electron chi connectivity index (χ2n) is 5.10. The van der Waals surface area contributed by atoms with E-state index in [0.29, 0.717) is 27.5 Å². The molecular weight excluding hydrogens is 328 g/mol. The highest BCUT2D eigenvalue weighted by atomic mass is 35.5. The molecule has 0 aliphatic rings. The van der Waals surface area contributed by atoms with E-state index in [2.05, 4.69) is 10.6 Å². The Morgan fingerprint density at radius 2 is 1.71 bits per heavy atom. The lowest BCUT2D eigenvalue weighted by Gasteiger charge is -2.13. The molecule has 0 aliphatic heterocycles. The summed E-state index contributed by atoms with van der Waals surface area (Å²) >= 11 is 5.96. The molecule has 0 aliphatic carbocycles. The van der Waals surface area contributed by atoms with Crippen molar-refractivity contribution in [2.75, 3.05) is 17.7 Å². The summed E-state index contributed by atoms with van der Waals surface area (Å²) in [5.41, 5.74) is 1.05. The zero-order valence-corrected chi connectivity index (χ0v) is 13.6. The minimum Gasteiger partial charge on any atom is -0.507 e. The molecule has 0 heterocycles. The first kappa shape index (κ1) is 16.0. The van der Waals surface area contributed by atoms with E-state index >= 15 is 0 Å². The molecule has 0 aromatic heterocycles. The minimum absolute atomic E-state index is 0.160. The van der Waals surface area contributed by atoms with Crippen molar-refractivity contribution in [3.8, 4) is 11.5 Å². The highest BCUT2D eigenvalue weighted by molar-refractivity contribution is 6.31. The molecule has 0 atom stereocenters. The van der Waals surface area contributed by atoms with Gasteiger partial charge in [-0.05, 0) is 30.3 Å². The Labute approximate surface area is 143 Å². The summed E-state index contributed by atoms with van der Waals surface area (Å²) in [6.07, 6.45) is 0. The smallest absolute Gasteiger partial charge is 0.323 e. The van der Waals surface area contributed by atoms with Gasteiger partial charge in [0.05, 0.1) is 18.5 Å². The number of phenolic OH excluding ortho intramolecular Hbond substituents is 1. The Kier molecular flexibility index (Phi) is 4.44. The van der Waals surface area contributed by atoms with Gasteiger partial charge in [0.15, 0.2) is 0 Å². The number of amides is 2. The van der Waals surface area contributed by atoms with Gasteiger partial charge >= 0.3 is 6.03 Å². The van der Waals surface area contributed by atoms with Crippen LogP contribution in [0.5, 0.6) is 11.5 Å². The van der Waals surface area contributed by atoms with Crippen LogP contribution in [0.25, 0.3) is 10.8 Å². The standard InChI is InChI=1S/C18H15ClN2O3/c1-24-17-9-8-11(19)10-15(17)21-18(23)20-14-6-2-5-13-12(14)4-3-7-16(13)22/h2-10,22H,1H3,(H2,20,21,23). The molecule has 6 heteroatoms. The van der Waals surface area contributed by atoms with E-state index in [4.69, 9.17) is 16.3 Å². The predicted octanol–water partition coefficient (Wildman–Crippen LogP) is 4.85. The van der Waals surface area contributed by atoms with Crippen molar-refractivity contribution in [1.29, 1.82) is 0 Å². The number of hydrogen-bond acceptors (Lipinski definition) is 3. The third-order valence-corrected chi connectivity index (χ3v) is 3.79. The van der Waals surface area contributed by atoms with Gasteiger partial charge in [-0.25, -0.2) is 4.79 Å². The zero-order valence-electron chi connectivity index (χ0n) is 12.8. The van der Waals surface area contributed by atoms with E-state index in [-0.39, 0.29) is 5.75 Å². The summed E-state index contributed by atoms with van der Waals surface area (Å²) in [6, 6.07) is 15.0. The molecule has 3 N–H and O–H groups in total. The lowest BCUT2D eigenvalue weighted by molar-refractivity contribution is 0.262. The highest BCUT2D eigenvalue weighted by Gasteiger charge is 2.10. The fraction of sp³-hybridized carbons (Fsp3) is 0.0556. The number of benzene rings is 3. The summed E-state index contributed by atoms with van der Waals surface area (Å²) in [4.78, 5) is 12.3. The fourth-order valence-corrected chi connectivity index (χ4v) is 2.63. The van der Waals surface area contributed by atoms with E-state index in [1.165, 1.54) is 7.11 Å².